The maximum Gasteiger partial charge on any atom is 0.234 e. The Morgan fingerprint density at radius 1 is 1.06 bits per heavy atom. The fourth-order valence-electron chi connectivity index (χ4n) is 3.24. The predicted octanol–water partition coefficient (Wildman–Crippen LogP) is 3.30. The zero-order valence-corrected chi connectivity index (χ0v) is 15.8. The third kappa shape index (κ3) is 3.10. The first kappa shape index (κ1) is 18.6. The monoisotopic (exact) mass is 417 g/mol. The van der Waals surface area contributed by atoms with Crippen LogP contribution < -0.4 is 5.73 Å². The number of nitrogens with zero attached hydrogens (tertiary/aromatic N) is 5. The summed E-state index contributed by atoms with van der Waals surface area (Å²) in [4.78, 5) is 32.6. The van der Waals surface area contributed by atoms with E-state index in [9.17, 15) is 13.6 Å². The Kier molecular flexibility index (Phi) is 4.25. The summed E-state index contributed by atoms with van der Waals surface area (Å²) >= 11 is 0. The van der Waals surface area contributed by atoms with E-state index in [1.54, 1.807) is 47.9 Å². The molecule has 5 rings (SSSR count). The van der Waals surface area contributed by atoms with Crippen molar-refractivity contribution in [2.45, 2.75) is 0 Å². The topological polar surface area (TPSA) is 115 Å². The Morgan fingerprint density at radius 2 is 1.84 bits per heavy atom. The van der Waals surface area contributed by atoms with Crippen LogP contribution in [0.25, 0.3) is 28.1 Å². The van der Waals surface area contributed by atoms with Gasteiger partial charge in [-0.2, -0.15) is 0 Å². The van der Waals surface area contributed by atoms with Crippen LogP contribution in [0.15, 0.2) is 61.7 Å². The molecule has 4 heterocycles. The zero-order valence-electron chi connectivity index (χ0n) is 15.8. The van der Waals surface area contributed by atoms with E-state index in [0.717, 1.165) is 12.1 Å². The number of nitrogens with two attached hydrogens (primary N) is 1. The maximum absolute atomic E-state index is 14.4. The number of aromatic amines is 1. The molecule has 0 atom stereocenters. The number of aromatic nitrogens is 6. The molecule has 0 aliphatic carbocycles. The number of fused-ring (bicyclic) bond motifs is 1. The fourth-order valence-corrected chi connectivity index (χ4v) is 3.24. The number of halogens is 2. The molecule has 0 bridgehead atoms. The molecule has 4 aromatic heterocycles. The third-order valence-electron chi connectivity index (χ3n) is 4.83. The lowest BCUT2D eigenvalue weighted by atomic mass is 10.0. The quantitative estimate of drug-likeness (QED) is 0.342. The van der Waals surface area contributed by atoms with E-state index in [1.165, 1.54) is 6.20 Å². The van der Waals surface area contributed by atoms with E-state index < -0.39 is 23.0 Å². The van der Waals surface area contributed by atoms with Gasteiger partial charge in [-0.05, 0) is 18.2 Å². The fraction of sp³-hybridized carbons (Fsp3) is 0. The second-order valence-electron chi connectivity index (χ2n) is 6.72. The molecule has 152 valence electrons. The zero-order chi connectivity index (χ0) is 21.5. The average Bonchev–Trinajstić information content (AvgIpc) is 3.46. The summed E-state index contributed by atoms with van der Waals surface area (Å²) in [7, 11) is 0. The van der Waals surface area contributed by atoms with Crippen LogP contribution in [-0.4, -0.2) is 35.3 Å². The van der Waals surface area contributed by atoms with Crippen LogP contribution in [-0.2, 0) is 0 Å². The van der Waals surface area contributed by atoms with Gasteiger partial charge in [0.25, 0.3) is 0 Å². The van der Waals surface area contributed by atoms with E-state index in [4.69, 9.17) is 5.73 Å². The average molecular weight is 417 g/mol. The number of benzene rings is 1. The molecule has 8 nitrogen and oxygen atoms in total. The van der Waals surface area contributed by atoms with Crippen LogP contribution >= 0.6 is 0 Å². The summed E-state index contributed by atoms with van der Waals surface area (Å²) in [6.45, 7) is 0. The number of pyridine rings is 1. The van der Waals surface area contributed by atoms with Crippen LogP contribution in [0.3, 0.4) is 0 Å². The largest absolute Gasteiger partial charge is 0.396 e. The van der Waals surface area contributed by atoms with Crippen LogP contribution in [0.4, 0.5) is 14.5 Å². The molecule has 0 aliphatic heterocycles. The van der Waals surface area contributed by atoms with Gasteiger partial charge in [0, 0.05) is 59.3 Å². The van der Waals surface area contributed by atoms with Gasteiger partial charge in [0.1, 0.15) is 17.8 Å². The smallest absolute Gasteiger partial charge is 0.234 e. The lowest BCUT2D eigenvalue weighted by molar-refractivity contribution is 0.103. The number of rotatable bonds is 4. The minimum absolute atomic E-state index is 0.0729. The van der Waals surface area contributed by atoms with Crippen LogP contribution in [0.2, 0.25) is 0 Å². The summed E-state index contributed by atoms with van der Waals surface area (Å²) in [5, 5.41) is 0.405. The summed E-state index contributed by atoms with van der Waals surface area (Å²) in [6, 6.07) is 3.72. The van der Waals surface area contributed by atoms with Crippen molar-refractivity contribution in [3.63, 3.8) is 0 Å². The van der Waals surface area contributed by atoms with Crippen LogP contribution in [0.1, 0.15) is 15.9 Å². The number of carbonyl (C=O) groups excluding carboxylic acids is 1. The second kappa shape index (κ2) is 7.10. The SMILES string of the molecule is Nc1ccc(F)c(C(=O)c2c[nH]c3ncc(-c4cnc(-n5ccnc5)nc4)cc23)c1F. The van der Waals surface area contributed by atoms with Crippen molar-refractivity contribution in [2.75, 3.05) is 5.73 Å². The first-order chi connectivity index (χ1) is 15.0. The number of carbonyl (C=O) groups is 1. The highest BCUT2D eigenvalue weighted by Crippen LogP contribution is 2.28. The van der Waals surface area contributed by atoms with E-state index in [0.29, 0.717) is 28.1 Å². The van der Waals surface area contributed by atoms with Crippen molar-refractivity contribution in [3.05, 3.63) is 84.5 Å². The summed E-state index contributed by atoms with van der Waals surface area (Å²) in [5.41, 5.74) is 6.24. The highest BCUT2D eigenvalue weighted by atomic mass is 19.1. The van der Waals surface area contributed by atoms with Gasteiger partial charge in [-0.1, -0.05) is 0 Å². The third-order valence-corrected chi connectivity index (χ3v) is 4.83. The Labute approximate surface area is 173 Å². The van der Waals surface area contributed by atoms with Crippen LogP contribution in [0.5, 0.6) is 0 Å². The van der Waals surface area contributed by atoms with E-state index in [2.05, 4.69) is 24.9 Å². The van der Waals surface area contributed by atoms with Gasteiger partial charge in [-0.15, -0.1) is 0 Å². The van der Waals surface area contributed by atoms with Crippen molar-refractivity contribution < 1.29 is 13.6 Å². The minimum atomic E-state index is -1.09. The Morgan fingerprint density at radius 3 is 2.58 bits per heavy atom. The predicted molar refractivity (Wildman–Crippen MR) is 108 cm³/mol. The van der Waals surface area contributed by atoms with Crippen molar-refractivity contribution >= 4 is 22.5 Å². The highest BCUT2D eigenvalue weighted by molar-refractivity contribution is 6.16. The molecular formula is C21H13F2N7O. The van der Waals surface area contributed by atoms with Crippen molar-refractivity contribution in [2.24, 2.45) is 0 Å². The van der Waals surface area contributed by atoms with Crippen molar-refractivity contribution in [1.29, 1.82) is 0 Å². The normalized spacial score (nSPS) is 11.2. The Balaban J connectivity index is 1.56. The van der Waals surface area contributed by atoms with Gasteiger partial charge < -0.3 is 10.7 Å². The number of imidazole rings is 1. The van der Waals surface area contributed by atoms with E-state index >= 15 is 0 Å². The van der Waals surface area contributed by atoms with Gasteiger partial charge in [-0.3, -0.25) is 9.36 Å². The molecule has 0 spiro atoms. The Bertz CT molecular complexity index is 1430. The van der Waals surface area contributed by atoms with Crippen molar-refractivity contribution in [1.82, 2.24) is 29.5 Å². The van der Waals surface area contributed by atoms with E-state index in [1.807, 2.05) is 0 Å². The number of H-pyrrole nitrogens is 1. The number of anilines is 1. The lowest BCUT2D eigenvalue weighted by Crippen LogP contribution is -2.09. The minimum Gasteiger partial charge on any atom is -0.396 e. The summed E-state index contributed by atoms with van der Waals surface area (Å²) < 4.78 is 30.2. The molecule has 0 fully saturated rings. The molecule has 5 aromatic rings. The molecule has 0 aliphatic rings. The summed E-state index contributed by atoms with van der Waals surface area (Å²) in [6.07, 6.45) is 11.1. The Hall–Kier alpha value is -4.47. The molecule has 0 saturated carbocycles. The van der Waals surface area contributed by atoms with Gasteiger partial charge in [0.15, 0.2) is 5.82 Å². The number of hydrogen-bond donors (Lipinski definition) is 2. The molecule has 10 heteroatoms. The van der Waals surface area contributed by atoms with Crippen LogP contribution in [0, 0.1) is 11.6 Å². The number of nitrogens with one attached hydrogen (secondary N) is 1. The maximum atomic E-state index is 14.4. The van der Waals surface area contributed by atoms with Crippen molar-refractivity contribution in [3.8, 4) is 17.1 Å². The van der Waals surface area contributed by atoms with Gasteiger partial charge in [-0.25, -0.2) is 28.7 Å². The lowest BCUT2D eigenvalue weighted by Gasteiger charge is -2.06. The standard InChI is InChI=1S/C21H13F2N7O/c22-15-1-2-16(24)18(23)17(15)19(31)14-9-27-20-13(14)5-11(6-26-20)12-7-28-21(29-8-12)30-4-3-25-10-30/h1-10H,24H2,(H,26,27). The first-order valence-corrected chi connectivity index (χ1v) is 9.09. The first-order valence-electron chi connectivity index (χ1n) is 9.09. The number of nitrogen functional groups attached to an aromatic ring is 1. The molecule has 31 heavy (non-hydrogen) atoms. The molecule has 0 saturated heterocycles. The molecule has 1 aromatic carbocycles. The molecule has 0 amide bonds. The van der Waals surface area contributed by atoms with E-state index in [-0.39, 0.29) is 11.3 Å². The molecule has 3 N–H and O–H groups in total. The number of hydrogen-bond acceptors (Lipinski definition) is 6. The molecule has 0 radical (unpaired) electrons. The van der Waals surface area contributed by atoms with Gasteiger partial charge in [0.2, 0.25) is 11.7 Å². The molecule has 0 unspecified atom stereocenters. The number of ketones is 1. The van der Waals surface area contributed by atoms with Gasteiger partial charge >= 0.3 is 0 Å². The highest BCUT2D eigenvalue weighted by Gasteiger charge is 2.24. The molecular weight excluding hydrogens is 404 g/mol. The second-order valence-corrected chi connectivity index (χ2v) is 6.72. The van der Waals surface area contributed by atoms with Gasteiger partial charge in [0.05, 0.1) is 11.3 Å². The summed E-state index contributed by atoms with van der Waals surface area (Å²) in [5.74, 6) is -2.47.